The van der Waals surface area contributed by atoms with E-state index in [0.29, 0.717) is 19.6 Å². The maximum Gasteiger partial charge on any atom is 0.227 e. The van der Waals surface area contributed by atoms with Crippen LogP contribution in [0.25, 0.3) is 0 Å². The lowest BCUT2D eigenvalue weighted by molar-refractivity contribution is -0.131. The molecule has 0 aromatic heterocycles. The van der Waals surface area contributed by atoms with Crippen LogP contribution in [0, 0.1) is 5.82 Å². The van der Waals surface area contributed by atoms with Crippen molar-refractivity contribution in [1.82, 2.24) is 4.90 Å². The number of ether oxygens (including phenoxy) is 1. The molecule has 0 saturated carbocycles. The Balaban J connectivity index is 1.71. The van der Waals surface area contributed by atoms with Crippen LogP contribution in [0.3, 0.4) is 0 Å². The lowest BCUT2D eigenvalue weighted by Crippen LogP contribution is -2.33. The monoisotopic (exact) mass is 343 g/mol. The number of β-amino-alcohol motifs (C(OH)–C–C–N with tert-alkyl or cyclic N) is 1. The molecule has 0 radical (unpaired) electrons. The van der Waals surface area contributed by atoms with Gasteiger partial charge in [0.1, 0.15) is 11.6 Å². The topological polar surface area (TPSA) is 49.8 Å². The van der Waals surface area contributed by atoms with Gasteiger partial charge in [-0.2, -0.15) is 0 Å². The molecule has 0 spiro atoms. The van der Waals surface area contributed by atoms with Crippen LogP contribution in [-0.2, 0) is 11.2 Å². The smallest absolute Gasteiger partial charge is 0.227 e. The van der Waals surface area contributed by atoms with E-state index in [1.807, 2.05) is 31.2 Å². The fourth-order valence-corrected chi connectivity index (χ4v) is 3.24. The van der Waals surface area contributed by atoms with Gasteiger partial charge in [0.2, 0.25) is 5.91 Å². The first-order valence-electron chi connectivity index (χ1n) is 8.51. The van der Waals surface area contributed by atoms with Crippen molar-refractivity contribution in [2.45, 2.75) is 31.9 Å². The number of amides is 1. The summed E-state index contributed by atoms with van der Waals surface area (Å²) in [6.45, 7) is 2.83. The fraction of sp³-hybridized carbons (Fsp3) is 0.350. The summed E-state index contributed by atoms with van der Waals surface area (Å²) < 4.78 is 18.5. The highest BCUT2D eigenvalue weighted by Crippen LogP contribution is 2.32. The quantitative estimate of drug-likeness (QED) is 0.908. The van der Waals surface area contributed by atoms with Crippen LogP contribution in [0.5, 0.6) is 5.75 Å². The standard InChI is InChI=1S/C20H22FNO3/c1-2-25-18-9-3-14(4-10-18)11-20(24)22-13-17(23)12-19(22)15-5-7-16(21)8-6-15/h3-10,17,19,23H,2,11-13H2,1H3/t17-,19-/m0/s1. The Hall–Kier alpha value is -2.40. The van der Waals surface area contributed by atoms with Gasteiger partial charge in [-0.25, -0.2) is 4.39 Å². The van der Waals surface area contributed by atoms with E-state index >= 15 is 0 Å². The zero-order chi connectivity index (χ0) is 17.8. The third-order valence-electron chi connectivity index (χ3n) is 4.44. The highest BCUT2D eigenvalue weighted by Gasteiger charge is 2.35. The molecule has 1 aliphatic rings. The Bertz CT molecular complexity index is 715. The summed E-state index contributed by atoms with van der Waals surface area (Å²) in [4.78, 5) is 14.4. The van der Waals surface area contributed by atoms with Gasteiger partial charge >= 0.3 is 0 Å². The molecule has 1 saturated heterocycles. The van der Waals surface area contributed by atoms with Gasteiger partial charge in [0, 0.05) is 6.54 Å². The average Bonchev–Trinajstić information content (AvgIpc) is 2.99. The minimum Gasteiger partial charge on any atom is -0.494 e. The zero-order valence-electron chi connectivity index (χ0n) is 14.2. The van der Waals surface area contributed by atoms with E-state index in [1.165, 1.54) is 12.1 Å². The van der Waals surface area contributed by atoms with Gasteiger partial charge in [-0.3, -0.25) is 4.79 Å². The molecule has 0 bridgehead atoms. The molecule has 132 valence electrons. The summed E-state index contributed by atoms with van der Waals surface area (Å²) in [5, 5.41) is 10.0. The van der Waals surface area contributed by atoms with Gasteiger partial charge in [-0.15, -0.1) is 0 Å². The molecule has 5 heteroatoms. The van der Waals surface area contributed by atoms with E-state index in [4.69, 9.17) is 4.74 Å². The molecule has 1 amide bonds. The lowest BCUT2D eigenvalue weighted by Gasteiger charge is -2.25. The summed E-state index contributed by atoms with van der Waals surface area (Å²) in [5.74, 6) is 0.420. The Morgan fingerprint density at radius 1 is 1.20 bits per heavy atom. The number of aliphatic hydroxyl groups is 1. The predicted molar refractivity (Wildman–Crippen MR) is 92.8 cm³/mol. The van der Waals surface area contributed by atoms with Gasteiger partial charge in [0.25, 0.3) is 0 Å². The number of benzene rings is 2. The molecular formula is C20H22FNO3. The van der Waals surface area contributed by atoms with Crippen LogP contribution >= 0.6 is 0 Å². The number of carbonyl (C=O) groups is 1. The number of halogens is 1. The molecule has 1 fully saturated rings. The normalized spacial score (nSPS) is 19.9. The highest BCUT2D eigenvalue weighted by atomic mass is 19.1. The van der Waals surface area contributed by atoms with Gasteiger partial charge < -0.3 is 14.7 Å². The molecule has 3 rings (SSSR count). The Morgan fingerprint density at radius 2 is 1.88 bits per heavy atom. The minimum absolute atomic E-state index is 0.0463. The summed E-state index contributed by atoms with van der Waals surface area (Å²) in [7, 11) is 0. The van der Waals surface area contributed by atoms with Crippen LogP contribution in [0.4, 0.5) is 4.39 Å². The Labute approximate surface area is 146 Å². The summed E-state index contributed by atoms with van der Waals surface area (Å²) in [5.41, 5.74) is 1.74. The number of rotatable bonds is 5. The predicted octanol–water partition coefficient (Wildman–Crippen LogP) is 3.10. The van der Waals surface area contributed by atoms with Crippen molar-refractivity contribution in [2.24, 2.45) is 0 Å². The third kappa shape index (κ3) is 4.17. The van der Waals surface area contributed by atoms with Crippen LogP contribution in [-0.4, -0.2) is 35.2 Å². The summed E-state index contributed by atoms with van der Waals surface area (Å²) in [6, 6.07) is 13.4. The number of carbonyl (C=O) groups excluding carboxylic acids is 1. The van der Waals surface area contributed by atoms with Gasteiger partial charge in [-0.1, -0.05) is 24.3 Å². The molecular weight excluding hydrogens is 321 g/mol. The second-order valence-electron chi connectivity index (χ2n) is 6.26. The van der Waals surface area contributed by atoms with E-state index in [2.05, 4.69) is 0 Å². The zero-order valence-corrected chi connectivity index (χ0v) is 14.2. The summed E-state index contributed by atoms with van der Waals surface area (Å²) >= 11 is 0. The van der Waals surface area contributed by atoms with Crippen molar-refractivity contribution in [3.8, 4) is 5.75 Å². The minimum atomic E-state index is -0.556. The maximum atomic E-state index is 13.1. The molecule has 1 aliphatic heterocycles. The number of likely N-dealkylation sites (tertiary alicyclic amines) is 1. The van der Waals surface area contributed by atoms with Crippen molar-refractivity contribution in [1.29, 1.82) is 0 Å². The molecule has 4 nitrogen and oxygen atoms in total. The molecule has 0 unspecified atom stereocenters. The Morgan fingerprint density at radius 3 is 2.52 bits per heavy atom. The SMILES string of the molecule is CCOc1ccc(CC(=O)N2C[C@@H](O)C[C@H]2c2ccc(F)cc2)cc1. The van der Waals surface area contributed by atoms with E-state index in [-0.39, 0.29) is 24.2 Å². The summed E-state index contributed by atoms with van der Waals surface area (Å²) in [6.07, 6.45) is 0.177. The molecule has 2 aromatic carbocycles. The lowest BCUT2D eigenvalue weighted by atomic mass is 10.0. The van der Waals surface area contributed by atoms with E-state index in [1.54, 1.807) is 17.0 Å². The second-order valence-corrected chi connectivity index (χ2v) is 6.26. The van der Waals surface area contributed by atoms with Gasteiger partial charge in [-0.05, 0) is 48.7 Å². The maximum absolute atomic E-state index is 13.1. The van der Waals surface area contributed by atoms with Crippen molar-refractivity contribution in [3.63, 3.8) is 0 Å². The molecule has 1 heterocycles. The largest absolute Gasteiger partial charge is 0.494 e. The molecule has 2 atom stereocenters. The Kier molecular flexibility index (Phi) is 5.34. The molecule has 1 N–H and O–H groups in total. The van der Waals surface area contributed by atoms with Crippen molar-refractivity contribution in [3.05, 3.63) is 65.5 Å². The number of hydrogen-bond acceptors (Lipinski definition) is 3. The highest BCUT2D eigenvalue weighted by molar-refractivity contribution is 5.79. The van der Waals surface area contributed by atoms with E-state index in [0.717, 1.165) is 16.9 Å². The first-order chi connectivity index (χ1) is 12.1. The van der Waals surface area contributed by atoms with Gasteiger partial charge in [0.15, 0.2) is 0 Å². The first kappa shape index (κ1) is 17.4. The van der Waals surface area contributed by atoms with E-state index < -0.39 is 6.10 Å². The first-order valence-corrected chi connectivity index (χ1v) is 8.51. The van der Waals surface area contributed by atoms with Gasteiger partial charge in [0.05, 0.1) is 25.2 Å². The van der Waals surface area contributed by atoms with Crippen molar-refractivity contribution < 1.29 is 19.0 Å². The molecule has 25 heavy (non-hydrogen) atoms. The number of hydrogen-bond donors (Lipinski definition) is 1. The number of aliphatic hydroxyl groups excluding tert-OH is 1. The van der Waals surface area contributed by atoms with Crippen LogP contribution < -0.4 is 4.74 Å². The third-order valence-corrected chi connectivity index (χ3v) is 4.44. The molecule has 2 aromatic rings. The van der Waals surface area contributed by atoms with Crippen LogP contribution in [0.15, 0.2) is 48.5 Å². The van der Waals surface area contributed by atoms with Crippen LogP contribution in [0.1, 0.15) is 30.5 Å². The van der Waals surface area contributed by atoms with Crippen molar-refractivity contribution >= 4 is 5.91 Å². The fourth-order valence-electron chi connectivity index (χ4n) is 3.24. The van der Waals surface area contributed by atoms with E-state index in [9.17, 15) is 14.3 Å². The van der Waals surface area contributed by atoms with Crippen LogP contribution in [0.2, 0.25) is 0 Å². The number of nitrogens with zero attached hydrogens (tertiary/aromatic N) is 1. The molecule has 0 aliphatic carbocycles. The van der Waals surface area contributed by atoms with Crippen molar-refractivity contribution in [2.75, 3.05) is 13.2 Å². The average molecular weight is 343 g/mol. The second kappa shape index (κ2) is 7.66.